The van der Waals surface area contributed by atoms with Gasteiger partial charge in [-0.15, -0.1) is 0 Å². The van der Waals surface area contributed by atoms with Crippen molar-refractivity contribution in [3.8, 4) is 17.2 Å². The maximum atomic E-state index is 12.9. The lowest BCUT2D eigenvalue weighted by atomic mass is 10.1. The fraction of sp³-hybridized carbons (Fsp3) is 0.0476. The zero-order chi connectivity index (χ0) is 19.0. The van der Waals surface area contributed by atoms with E-state index in [1.807, 2.05) is 12.1 Å². The molecule has 0 bridgehead atoms. The summed E-state index contributed by atoms with van der Waals surface area (Å²) in [4.78, 5) is 26.7. The van der Waals surface area contributed by atoms with Gasteiger partial charge in [0, 0.05) is 0 Å². The number of carbonyl (C=O) groups excluding carboxylic acids is 2. The largest absolute Gasteiger partial charge is 0.493 e. The average Bonchev–Trinajstić information content (AvgIpc) is 2.93. The van der Waals surface area contributed by atoms with Crippen molar-refractivity contribution in [2.24, 2.45) is 0 Å². The van der Waals surface area contributed by atoms with Crippen LogP contribution >= 0.6 is 11.6 Å². The van der Waals surface area contributed by atoms with Gasteiger partial charge >= 0.3 is 0 Å². The summed E-state index contributed by atoms with van der Waals surface area (Å²) in [6, 6.07) is 18.7. The highest BCUT2D eigenvalue weighted by Crippen LogP contribution is 2.36. The molecule has 0 unspecified atom stereocenters. The number of amides is 2. The third-order valence-corrected chi connectivity index (χ3v) is 4.57. The standard InChI is InChI=1S/C21H14ClNO4/c1-26-18-8-4-5-9-19(18)27-13-10-11-14-15(12-13)21(25)23(20(14)24)17-7-3-2-6-16(17)22/h2-12H,1H3. The zero-order valence-electron chi connectivity index (χ0n) is 14.3. The van der Waals surface area contributed by atoms with Crippen LogP contribution in [0.25, 0.3) is 0 Å². The SMILES string of the molecule is COc1ccccc1Oc1ccc2c(c1)C(=O)N(c1ccccc1Cl)C2=O. The zero-order valence-corrected chi connectivity index (χ0v) is 15.1. The van der Waals surface area contributed by atoms with E-state index in [2.05, 4.69) is 0 Å². The quantitative estimate of drug-likeness (QED) is 0.602. The molecule has 3 aromatic rings. The highest BCUT2D eigenvalue weighted by Gasteiger charge is 2.37. The van der Waals surface area contributed by atoms with Gasteiger partial charge in [-0.2, -0.15) is 0 Å². The number of anilines is 1. The Morgan fingerprint density at radius 1 is 0.815 bits per heavy atom. The molecular weight excluding hydrogens is 366 g/mol. The molecule has 0 spiro atoms. The molecule has 0 fully saturated rings. The number of ether oxygens (including phenoxy) is 2. The third-order valence-electron chi connectivity index (χ3n) is 4.25. The maximum absolute atomic E-state index is 12.9. The minimum Gasteiger partial charge on any atom is -0.493 e. The van der Waals surface area contributed by atoms with E-state index in [1.54, 1.807) is 61.7 Å². The molecule has 0 atom stereocenters. The topological polar surface area (TPSA) is 55.8 Å². The summed E-state index contributed by atoms with van der Waals surface area (Å²) in [6.45, 7) is 0. The van der Waals surface area contributed by atoms with Crippen LogP contribution in [0.4, 0.5) is 5.69 Å². The fourth-order valence-corrected chi connectivity index (χ4v) is 3.19. The van der Waals surface area contributed by atoms with Crippen LogP contribution in [0.5, 0.6) is 17.2 Å². The second-order valence-electron chi connectivity index (χ2n) is 5.86. The highest BCUT2D eigenvalue weighted by atomic mass is 35.5. The van der Waals surface area contributed by atoms with E-state index >= 15 is 0 Å². The molecule has 0 saturated carbocycles. The van der Waals surface area contributed by atoms with Crippen LogP contribution in [0, 0.1) is 0 Å². The van der Waals surface area contributed by atoms with E-state index in [4.69, 9.17) is 21.1 Å². The number of fused-ring (bicyclic) bond motifs is 1. The Balaban J connectivity index is 1.70. The molecular formula is C21H14ClNO4. The smallest absolute Gasteiger partial charge is 0.266 e. The molecule has 0 radical (unpaired) electrons. The second-order valence-corrected chi connectivity index (χ2v) is 6.26. The third kappa shape index (κ3) is 2.92. The van der Waals surface area contributed by atoms with Gasteiger partial charge in [-0.05, 0) is 42.5 Å². The normalized spacial score (nSPS) is 12.9. The first kappa shape index (κ1) is 17.1. The predicted octanol–water partition coefficient (Wildman–Crippen LogP) is 4.94. The van der Waals surface area contributed by atoms with Gasteiger partial charge in [0.25, 0.3) is 11.8 Å². The van der Waals surface area contributed by atoms with Gasteiger partial charge in [-0.3, -0.25) is 9.59 Å². The Kier molecular flexibility index (Phi) is 4.30. The number of halogens is 1. The Morgan fingerprint density at radius 3 is 2.22 bits per heavy atom. The summed E-state index contributed by atoms with van der Waals surface area (Å²) in [5, 5.41) is 0.331. The van der Waals surface area contributed by atoms with E-state index in [9.17, 15) is 9.59 Å². The number of rotatable bonds is 4. The molecule has 0 N–H and O–H groups in total. The summed E-state index contributed by atoms with van der Waals surface area (Å²) in [5.41, 5.74) is 0.942. The van der Waals surface area contributed by atoms with E-state index < -0.39 is 11.8 Å². The number of methoxy groups -OCH3 is 1. The van der Waals surface area contributed by atoms with Crippen LogP contribution < -0.4 is 14.4 Å². The molecule has 5 nitrogen and oxygen atoms in total. The van der Waals surface area contributed by atoms with Gasteiger partial charge in [0.1, 0.15) is 5.75 Å². The highest BCUT2D eigenvalue weighted by molar-refractivity contribution is 6.39. The molecule has 1 aliphatic rings. The molecule has 134 valence electrons. The number of hydrogen-bond donors (Lipinski definition) is 0. The van der Waals surface area contributed by atoms with Crippen molar-refractivity contribution >= 4 is 29.1 Å². The minimum absolute atomic E-state index is 0.271. The lowest BCUT2D eigenvalue weighted by Crippen LogP contribution is -2.29. The Bertz CT molecular complexity index is 1060. The van der Waals surface area contributed by atoms with Crippen LogP contribution in [0.3, 0.4) is 0 Å². The molecule has 1 aliphatic heterocycles. The van der Waals surface area contributed by atoms with E-state index in [0.29, 0.717) is 33.5 Å². The van der Waals surface area contributed by atoms with Crippen LogP contribution in [0.2, 0.25) is 5.02 Å². The van der Waals surface area contributed by atoms with Crippen molar-refractivity contribution in [1.82, 2.24) is 0 Å². The van der Waals surface area contributed by atoms with Crippen molar-refractivity contribution < 1.29 is 19.1 Å². The molecule has 0 aromatic heterocycles. The molecule has 6 heteroatoms. The molecule has 0 aliphatic carbocycles. The van der Waals surface area contributed by atoms with Crippen LogP contribution in [0.1, 0.15) is 20.7 Å². The van der Waals surface area contributed by atoms with Gasteiger partial charge in [-0.25, -0.2) is 4.90 Å². The number of imide groups is 1. The van der Waals surface area contributed by atoms with Gasteiger partial charge in [-0.1, -0.05) is 35.9 Å². The van der Waals surface area contributed by atoms with Gasteiger partial charge in [0.2, 0.25) is 0 Å². The Hall–Kier alpha value is -3.31. The summed E-state index contributed by atoms with van der Waals surface area (Å²) in [5.74, 6) is 0.665. The number of hydrogen-bond acceptors (Lipinski definition) is 4. The predicted molar refractivity (Wildman–Crippen MR) is 102 cm³/mol. The molecule has 3 aromatic carbocycles. The first-order chi connectivity index (χ1) is 13.1. The van der Waals surface area contributed by atoms with Gasteiger partial charge in [0.15, 0.2) is 11.5 Å². The molecule has 0 saturated heterocycles. The Morgan fingerprint density at radius 2 is 1.48 bits per heavy atom. The van der Waals surface area contributed by atoms with Crippen molar-refractivity contribution in [2.75, 3.05) is 12.0 Å². The molecule has 2 amide bonds. The molecule has 27 heavy (non-hydrogen) atoms. The van der Waals surface area contributed by atoms with Crippen molar-refractivity contribution in [1.29, 1.82) is 0 Å². The number of para-hydroxylation sites is 3. The molecule has 4 rings (SSSR count). The summed E-state index contributed by atoms with van der Waals surface area (Å²) < 4.78 is 11.1. The van der Waals surface area contributed by atoms with E-state index in [0.717, 1.165) is 4.90 Å². The van der Waals surface area contributed by atoms with Gasteiger partial charge < -0.3 is 9.47 Å². The summed E-state index contributed by atoms with van der Waals surface area (Å²) >= 11 is 6.17. The average molecular weight is 380 g/mol. The number of nitrogens with zero attached hydrogens (tertiary/aromatic N) is 1. The van der Waals surface area contributed by atoms with E-state index in [-0.39, 0.29) is 5.56 Å². The molecule has 1 heterocycles. The maximum Gasteiger partial charge on any atom is 0.266 e. The lowest BCUT2D eigenvalue weighted by molar-refractivity contribution is 0.0926. The first-order valence-electron chi connectivity index (χ1n) is 8.18. The van der Waals surface area contributed by atoms with Gasteiger partial charge in [0.05, 0.1) is 28.9 Å². The van der Waals surface area contributed by atoms with Crippen molar-refractivity contribution in [3.05, 3.63) is 82.9 Å². The van der Waals surface area contributed by atoms with Crippen LogP contribution in [-0.2, 0) is 0 Å². The van der Waals surface area contributed by atoms with E-state index in [1.165, 1.54) is 0 Å². The summed E-state index contributed by atoms with van der Waals surface area (Å²) in [6.07, 6.45) is 0. The lowest BCUT2D eigenvalue weighted by Gasteiger charge is -2.15. The van der Waals surface area contributed by atoms with Crippen molar-refractivity contribution in [3.63, 3.8) is 0 Å². The second kappa shape index (κ2) is 6.78. The monoisotopic (exact) mass is 379 g/mol. The number of carbonyl (C=O) groups is 2. The number of benzene rings is 3. The summed E-state index contributed by atoms with van der Waals surface area (Å²) in [7, 11) is 1.55. The Labute approximate surface area is 160 Å². The van der Waals surface area contributed by atoms with Crippen LogP contribution in [0.15, 0.2) is 66.7 Å². The van der Waals surface area contributed by atoms with Crippen molar-refractivity contribution in [2.45, 2.75) is 0 Å². The van der Waals surface area contributed by atoms with Crippen LogP contribution in [-0.4, -0.2) is 18.9 Å². The first-order valence-corrected chi connectivity index (χ1v) is 8.56. The minimum atomic E-state index is -0.437. The fourth-order valence-electron chi connectivity index (χ4n) is 2.97.